The number of rotatable bonds is 2. The standard InChI is InChI=1S/C12H9BrO5/c1-2-17-12(16)9-5-8(15)6-3-4-7(14)10(13)11(6)18-9/h3-5,14H,2H2,1H3. The van der Waals surface area contributed by atoms with Crippen LogP contribution in [0.15, 0.2) is 31.9 Å². The fourth-order valence-corrected chi connectivity index (χ4v) is 1.91. The fourth-order valence-electron chi connectivity index (χ4n) is 1.48. The van der Waals surface area contributed by atoms with Crippen molar-refractivity contribution in [1.29, 1.82) is 0 Å². The van der Waals surface area contributed by atoms with Crippen LogP contribution in [0.4, 0.5) is 0 Å². The number of esters is 1. The van der Waals surface area contributed by atoms with Gasteiger partial charge in [0.05, 0.1) is 12.0 Å². The molecule has 1 N–H and O–H groups in total. The van der Waals surface area contributed by atoms with Crippen molar-refractivity contribution in [2.45, 2.75) is 6.92 Å². The van der Waals surface area contributed by atoms with E-state index in [1.165, 1.54) is 12.1 Å². The molecule has 2 rings (SSSR count). The van der Waals surface area contributed by atoms with Gasteiger partial charge in [-0.15, -0.1) is 0 Å². The number of benzene rings is 1. The quantitative estimate of drug-likeness (QED) is 0.862. The molecule has 0 atom stereocenters. The van der Waals surface area contributed by atoms with Crippen molar-refractivity contribution in [3.05, 3.63) is 38.7 Å². The highest BCUT2D eigenvalue weighted by atomic mass is 79.9. The monoisotopic (exact) mass is 312 g/mol. The summed E-state index contributed by atoms with van der Waals surface area (Å²) in [6.45, 7) is 1.83. The van der Waals surface area contributed by atoms with E-state index in [0.29, 0.717) is 0 Å². The second-order valence-electron chi connectivity index (χ2n) is 3.47. The van der Waals surface area contributed by atoms with Crippen LogP contribution in [0.25, 0.3) is 11.0 Å². The lowest BCUT2D eigenvalue weighted by Crippen LogP contribution is -2.10. The number of hydrogen-bond donors (Lipinski definition) is 1. The first-order chi connectivity index (χ1) is 8.54. The van der Waals surface area contributed by atoms with Crippen molar-refractivity contribution in [1.82, 2.24) is 0 Å². The molecule has 0 saturated heterocycles. The maximum absolute atomic E-state index is 11.8. The normalized spacial score (nSPS) is 10.6. The summed E-state index contributed by atoms with van der Waals surface area (Å²) in [6, 6.07) is 3.87. The Morgan fingerprint density at radius 1 is 1.50 bits per heavy atom. The first-order valence-electron chi connectivity index (χ1n) is 5.17. The molecule has 1 aromatic heterocycles. The summed E-state index contributed by atoms with van der Waals surface area (Å²) < 4.78 is 10.3. The van der Waals surface area contributed by atoms with Gasteiger partial charge in [-0.2, -0.15) is 0 Å². The first-order valence-corrected chi connectivity index (χ1v) is 5.96. The van der Waals surface area contributed by atoms with E-state index in [9.17, 15) is 14.7 Å². The molecule has 0 saturated carbocycles. The molecule has 1 heterocycles. The molecule has 1 aromatic carbocycles. The molecule has 0 bridgehead atoms. The van der Waals surface area contributed by atoms with Crippen molar-refractivity contribution >= 4 is 32.9 Å². The molecule has 0 amide bonds. The lowest BCUT2D eigenvalue weighted by Gasteiger charge is -2.04. The topological polar surface area (TPSA) is 76.7 Å². The number of hydrogen-bond acceptors (Lipinski definition) is 5. The number of carbonyl (C=O) groups excluding carboxylic acids is 1. The molecule has 0 spiro atoms. The molecule has 94 valence electrons. The molecule has 5 nitrogen and oxygen atoms in total. The van der Waals surface area contributed by atoms with Gasteiger partial charge in [-0.1, -0.05) is 0 Å². The Morgan fingerprint density at radius 2 is 2.22 bits per heavy atom. The van der Waals surface area contributed by atoms with Gasteiger partial charge < -0.3 is 14.3 Å². The summed E-state index contributed by atoms with van der Waals surface area (Å²) >= 11 is 3.10. The van der Waals surface area contributed by atoms with Crippen molar-refractivity contribution < 1.29 is 19.1 Å². The highest BCUT2D eigenvalue weighted by Gasteiger charge is 2.16. The summed E-state index contributed by atoms with van der Waals surface area (Å²) in [5, 5.41) is 9.79. The van der Waals surface area contributed by atoms with Crippen molar-refractivity contribution in [2.24, 2.45) is 0 Å². The molecule has 0 unspecified atom stereocenters. The van der Waals surface area contributed by atoms with E-state index < -0.39 is 5.97 Å². The zero-order valence-electron chi connectivity index (χ0n) is 9.40. The van der Waals surface area contributed by atoms with E-state index in [-0.39, 0.29) is 39.0 Å². The third kappa shape index (κ3) is 2.11. The average molecular weight is 313 g/mol. The average Bonchev–Trinajstić information content (AvgIpc) is 2.34. The van der Waals surface area contributed by atoms with E-state index >= 15 is 0 Å². The van der Waals surface area contributed by atoms with Crippen LogP contribution in [0, 0.1) is 0 Å². The van der Waals surface area contributed by atoms with Gasteiger partial charge in [0, 0.05) is 6.07 Å². The minimum Gasteiger partial charge on any atom is -0.507 e. The Morgan fingerprint density at radius 3 is 2.89 bits per heavy atom. The van der Waals surface area contributed by atoms with Gasteiger partial charge in [0.1, 0.15) is 10.2 Å². The molecule has 6 heteroatoms. The summed E-state index contributed by atoms with van der Waals surface area (Å²) in [5.41, 5.74) is -0.259. The fraction of sp³-hybridized carbons (Fsp3) is 0.167. The van der Waals surface area contributed by atoms with E-state index in [2.05, 4.69) is 15.9 Å². The third-order valence-electron chi connectivity index (χ3n) is 2.29. The Hall–Kier alpha value is -1.82. The maximum Gasteiger partial charge on any atom is 0.374 e. The minimum atomic E-state index is -0.716. The molecule has 0 fully saturated rings. The second-order valence-corrected chi connectivity index (χ2v) is 4.26. The van der Waals surface area contributed by atoms with E-state index in [1.807, 2.05) is 0 Å². The highest BCUT2D eigenvalue weighted by molar-refractivity contribution is 9.10. The highest BCUT2D eigenvalue weighted by Crippen LogP contribution is 2.31. The number of carbonyl (C=O) groups is 1. The van der Waals surface area contributed by atoms with Crippen LogP contribution in [0.2, 0.25) is 0 Å². The zero-order valence-corrected chi connectivity index (χ0v) is 11.0. The van der Waals surface area contributed by atoms with Crippen LogP contribution in [0.3, 0.4) is 0 Å². The Balaban J connectivity index is 2.71. The van der Waals surface area contributed by atoms with Crippen molar-refractivity contribution in [2.75, 3.05) is 6.61 Å². The Labute approximate surface area is 110 Å². The Bertz CT molecular complexity index is 674. The molecular formula is C12H9BrO5. The number of halogens is 1. The Kier molecular flexibility index (Phi) is 3.38. The minimum absolute atomic E-state index is 0.0772. The van der Waals surface area contributed by atoms with Gasteiger partial charge in [-0.25, -0.2) is 4.79 Å². The number of aromatic hydroxyl groups is 1. The van der Waals surface area contributed by atoms with Crippen LogP contribution < -0.4 is 5.43 Å². The number of ether oxygens (including phenoxy) is 1. The predicted octanol–water partition coefficient (Wildman–Crippen LogP) is 2.44. The van der Waals surface area contributed by atoms with Crippen LogP contribution >= 0.6 is 15.9 Å². The van der Waals surface area contributed by atoms with Gasteiger partial charge in [0.25, 0.3) is 0 Å². The molecule has 2 aromatic rings. The van der Waals surface area contributed by atoms with Crippen molar-refractivity contribution in [3.63, 3.8) is 0 Å². The summed E-state index contributed by atoms with van der Waals surface area (Å²) in [4.78, 5) is 23.3. The molecule has 0 aliphatic heterocycles. The van der Waals surface area contributed by atoms with Gasteiger partial charge in [0.2, 0.25) is 5.76 Å². The first kappa shape index (κ1) is 12.6. The smallest absolute Gasteiger partial charge is 0.374 e. The SMILES string of the molecule is CCOC(=O)c1cc(=O)c2ccc(O)c(Br)c2o1. The van der Waals surface area contributed by atoms with Gasteiger partial charge in [-0.3, -0.25) is 4.79 Å². The van der Waals surface area contributed by atoms with E-state index in [1.54, 1.807) is 6.92 Å². The number of phenols is 1. The van der Waals surface area contributed by atoms with Crippen LogP contribution in [0.1, 0.15) is 17.5 Å². The maximum atomic E-state index is 11.8. The van der Waals surface area contributed by atoms with Gasteiger partial charge in [0.15, 0.2) is 11.0 Å². The predicted molar refractivity (Wildman–Crippen MR) is 67.8 cm³/mol. The zero-order chi connectivity index (χ0) is 13.3. The molecule has 0 radical (unpaired) electrons. The molecule has 0 aliphatic carbocycles. The summed E-state index contributed by atoms with van der Waals surface area (Å²) in [7, 11) is 0. The lowest BCUT2D eigenvalue weighted by molar-refractivity contribution is 0.0490. The summed E-state index contributed by atoms with van der Waals surface area (Å²) in [5.74, 6) is -0.987. The largest absolute Gasteiger partial charge is 0.507 e. The van der Waals surface area contributed by atoms with E-state index in [4.69, 9.17) is 9.15 Å². The lowest BCUT2D eigenvalue weighted by atomic mass is 10.2. The number of fused-ring (bicyclic) bond motifs is 1. The van der Waals surface area contributed by atoms with Gasteiger partial charge >= 0.3 is 5.97 Å². The van der Waals surface area contributed by atoms with Crippen LogP contribution in [-0.4, -0.2) is 17.7 Å². The van der Waals surface area contributed by atoms with E-state index in [0.717, 1.165) is 6.07 Å². The van der Waals surface area contributed by atoms with Crippen molar-refractivity contribution in [3.8, 4) is 5.75 Å². The molecule has 0 aliphatic rings. The van der Waals surface area contributed by atoms with Gasteiger partial charge in [-0.05, 0) is 35.0 Å². The molecule has 18 heavy (non-hydrogen) atoms. The second kappa shape index (κ2) is 4.81. The number of phenolic OH excluding ortho intramolecular Hbond substituents is 1. The third-order valence-corrected chi connectivity index (χ3v) is 3.06. The molecular weight excluding hydrogens is 304 g/mol. The van der Waals surface area contributed by atoms with Crippen LogP contribution in [-0.2, 0) is 4.74 Å². The van der Waals surface area contributed by atoms with Crippen LogP contribution in [0.5, 0.6) is 5.75 Å². The summed E-state index contributed by atoms with van der Waals surface area (Å²) in [6.07, 6.45) is 0.